The lowest BCUT2D eigenvalue weighted by Crippen LogP contribution is -2.45. The quantitative estimate of drug-likeness (QED) is 0.818. The summed E-state index contributed by atoms with van der Waals surface area (Å²) in [6.45, 7) is 5.53. The molecule has 0 aliphatic carbocycles. The van der Waals surface area contributed by atoms with Crippen molar-refractivity contribution in [1.29, 1.82) is 0 Å². The monoisotopic (exact) mass is 383 g/mol. The molecule has 130 valence electrons. The van der Waals surface area contributed by atoms with Gasteiger partial charge in [0.1, 0.15) is 5.01 Å². The molecule has 7 heteroatoms. The zero-order valence-corrected chi connectivity index (χ0v) is 16.1. The smallest absolute Gasteiger partial charge is 0.226 e. The van der Waals surface area contributed by atoms with Crippen LogP contribution in [0.2, 0.25) is 4.34 Å². The maximum Gasteiger partial charge on any atom is 0.226 e. The van der Waals surface area contributed by atoms with E-state index in [1.165, 1.54) is 17.8 Å². The zero-order chi connectivity index (χ0) is 16.9. The van der Waals surface area contributed by atoms with Crippen molar-refractivity contribution in [1.82, 2.24) is 15.2 Å². The molecule has 0 spiro atoms. The number of nitrogens with one attached hydrogen (secondary N) is 1. The molecule has 24 heavy (non-hydrogen) atoms. The van der Waals surface area contributed by atoms with Gasteiger partial charge in [0.15, 0.2) is 0 Å². The zero-order valence-electron chi connectivity index (χ0n) is 13.8. The Morgan fingerprint density at radius 1 is 1.42 bits per heavy atom. The van der Waals surface area contributed by atoms with Gasteiger partial charge in [-0.15, -0.1) is 22.7 Å². The number of aromatic nitrogens is 1. The van der Waals surface area contributed by atoms with E-state index in [1.807, 2.05) is 17.5 Å². The van der Waals surface area contributed by atoms with E-state index in [9.17, 15) is 4.79 Å². The summed E-state index contributed by atoms with van der Waals surface area (Å²) in [7, 11) is 0. The van der Waals surface area contributed by atoms with Gasteiger partial charge in [0, 0.05) is 24.5 Å². The Bertz CT molecular complexity index is 677. The van der Waals surface area contributed by atoms with Crippen LogP contribution < -0.4 is 5.32 Å². The van der Waals surface area contributed by atoms with Gasteiger partial charge in [0.05, 0.1) is 21.3 Å². The SMILES string of the molecule is CCCN1CCC(NC(=O)Cc2csc(-c3ccc(Cl)s3)n2)CC1. The molecule has 3 rings (SSSR count). The Labute approximate surface area is 155 Å². The van der Waals surface area contributed by atoms with Crippen LogP contribution in [0.1, 0.15) is 31.9 Å². The number of hydrogen-bond donors (Lipinski definition) is 1. The number of rotatable bonds is 6. The van der Waals surface area contributed by atoms with Crippen molar-refractivity contribution in [3.05, 3.63) is 27.5 Å². The highest BCUT2D eigenvalue weighted by Gasteiger charge is 2.20. The third kappa shape index (κ3) is 4.79. The summed E-state index contributed by atoms with van der Waals surface area (Å²) >= 11 is 9.05. The summed E-state index contributed by atoms with van der Waals surface area (Å²) in [4.78, 5) is 20.4. The molecule has 0 aromatic carbocycles. The van der Waals surface area contributed by atoms with Gasteiger partial charge in [-0.3, -0.25) is 4.79 Å². The van der Waals surface area contributed by atoms with E-state index in [0.29, 0.717) is 12.5 Å². The van der Waals surface area contributed by atoms with Crippen molar-refractivity contribution in [3.63, 3.8) is 0 Å². The van der Waals surface area contributed by atoms with Gasteiger partial charge >= 0.3 is 0 Å². The minimum atomic E-state index is 0.0741. The first-order valence-corrected chi connectivity index (χ1v) is 10.4. The van der Waals surface area contributed by atoms with Gasteiger partial charge in [0.25, 0.3) is 0 Å². The first kappa shape index (κ1) is 17.9. The molecule has 2 aromatic heterocycles. The van der Waals surface area contributed by atoms with Crippen LogP contribution in [0.4, 0.5) is 0 Å². The molecule has 0 unspecified atom stereocenters. The largest absolute Gasteiger partial charge is 0.353 e. The van der Waals surface area contributed by atoms with Crippen molar-refractivity contribution >= 4 is 40.2 Å². The van der Waals surface area contributed by atoms with Gasteiger partial charge in [-0.05, 0) is 37.9 Å². The molecule has 1 fully saturated rings. The number of nitrogens with zero attached hydrogens (tertiary/aromatic N) is 2. The molecule has 1 aliphatic rings. The molecule has 1 N–H and O–H groups in total. The van der Waals surface area contributed by atoms with E-state index in [-0.39, 0.29) is 5.91 Å². The van der Waals surface area contributed by atoms with Crippen LogP contribution >= 0.6 is 34.3 Å². The van der Waals surface area contributed by atoms with Crippen LogP contribution in [-0.2, 0) is 11.2 Å². The number of hydrogen-bond acceptors (Lipinski definition) is 5. The Morgan fingerprint density at radius 2 is 2.21 bits per heavy atom. The lowest BCUT2D eigenvalue weighted by Gasteiger charge is -2.32. The van der Waals surface area contributed by atoms with Gasteiger partial charge in [0.2, 0.25) is 5.91 Å². The minimum Gasteiger partial charge on any atom is -0.353 e. The summed E-state index contributed by atoms with van der Waals surface area (Å²) in [5.74, 6) is 0.0741. The molecule has 2 aromatic rings. The van der Waals surface area contributed by atoms with Crippen LogP contribution in [0.5, 0.6) is 0 Å². The fraction of sp³-hybridized carbons (Fsp3) is 0.529. The highest BCUT2D eigenvalue weighted by atomic mass is 35.5. The summed E-state index contributed by atoms with van der Waals surface area (Å²) in [5, 5.41) is 6.06. The van der Waals surface area contributed by atoms with E-state index >= 15 is 0 Å². The van der Waals surface area contributed by atoms with E-state index in [1.54, 1.807) is 11.3 Å². The highest BCUT2D eigenvalue weighted by molar-refractivity contribution is 7.23. The normalized spacial score (nSPS) is 16.4. The molecule has 1 aliphatic heterocycles. The van der Waals surface area contributed by atoms with Gasteiger partial charge in [-0.25, -0.2) is 4.98 Å². The number of thiophene rings is 1. The Morgan fingerprint density at radius 3 is 2.88 bits per heavy atom. The predicted molar refractivity (Wildman–Crippen MR) is 102 cm³/mol. The van der Waals surface area contributed by atoms with Crippen molar-refractivity contribution < 1.29 is 4.79 Å². The van der Waals surface area contributed by atoms with Gasteiger partial charge in [-0.2, -0.15) is 0 Å². The highest BCUT2D eigenvalue weighted by Crippen LogP contribution is 2.32. The van der Waals surface area contributed by atoms with E-state index in [2.05, 4.69) is 22.1 Å². The van der Waals surface area contributed by atoms with E-state index < -0.39 is 0 Å². The molecule has 0 radical (unpaired) electrons. The predicted octanol–water partition coefficient (Wildman–Crippen LogP) is 4.06. The van der Waals surface area contributed by atoms with Gasteiger partial charge < -0.3 is 10.2 Å². The van der Waals surface area contributed by atoms with Crippen molar-refractivity contribution in [2.45, 2.75) is 38.6 Å². The third-order valence-corrected chi connectivity index (χ3v) is 6.46. The lowest BCUT2D eigenvalue weighted by atomic mass is 10.0. The van der Waals surface area contributed by atoms with Crippen molar-refractivity contribution in [3.8, 4) is 9.88 Å². The molecule has 4 nitrogen and oxygen atoms in total. The summed E-state index contributed by atoms with van der Waals surface area (Å²) in [5.41, 5.74) is 0.834. The van der Waals surface area contributed by atoms with Crippen molar-refractivity contribution in [2.75, 3.05) is 19.6 Å². The van der Waals surface area contributed by atoms with Crippen LogP contribution in [0.15, 0.2) is 17.5 Å². The first-order chi connectivity index (χ1) is 11.6. The number of carbonyl (C=O) groups excluding carboxylic acids is 1. The van der Waals surface area contributed by atoms with Crippen LogP contribution in [0.3, 0.4) is 0 Å². The standard InChI is InChI=1S/C17H22ClN3OS2/c1-2-7-21-8-5-12(6-9-21)19-16(22)10-13-11-23-17(20-13)14-3-4-15(18)24-14/h3-4,11-12H,2,5-10H2,1H3,(H,19,22). The summed E-state index contributed by atoms with van der Waals surface area (Å²) in [6.07, 6.45) is 3.63. The topological polar surface area (TPSA) is 45.2 Å². The molecule has 1 saturated heterocycles. The number of carbonyl (C=O) groups is 1. The lowest BCUT2D eigenvalue weighted by molar-refractivity contribution is -0.121. The average molecular weight is 384 g/mol. The number of halogens is 1. The second-order valence-corrected chi connectivity index (χ2v) is 8.68. The Balaban J connectivity index is 1.48. The molecular formula is C17H22ClN3OS2. The second-order valence-electron chi connectivity index (χ2n) is 6.11. The molecule has 1 amide bonds. The van der Waals surface area contributed by atoms with Gasteiger partial charge in [-0.1, -0.05) is 18.5 Å². The number of thiazole rings is 1. The Hall–Kier alpha value is -0.950. The Kier molecular flexibility index (Phi) is 6.27. The molecule has 0 atom stereocenters. The number of amides is 1. The summed E-state index contributed by atoms with van der Waals surface area (Å²) in [6, 6.07) is 4.15. The maximum absolute atomic E-state index is 12.3. The molecular weight excluding hydrogens is 362 g/mol. The summed E-state index contributed by atoms with van der Waals surface area (Å²) < 4.78 is 0.758. The molecule has 3 heterocycles. The fourth-order valence-corrected chi connectivity index (χ4v) is 4.93. The van der Waals surface area contributed by atoms with E-state index in [4.69, 9.17) is 11.6 Å². The van der Waals surface area contributed by atoms with Crippen LogP contribution in [-0.4, -0.2) is 41.5 Å². The molecule has 0 bridgehead atoms. The molecule has 0 saturated carbocycles. The fourth-order valence-electron chi connectivity index (χ4n) is 2.99. The average Bonchev–Trinajstić information content (AvgIpc) is 3.18. The van der Waals surface area contributed by atoms with E-state index in [0.717, 1.165) is 52.4 Å². The van der Waals surface area contributed by atoms with Crippen LogP contribution in [0.25, 0.3) is 9.88 Å². The number of piperidine rings is 1. The first-order valence-electron chi connectivity index (χ1n) is 8.36. The third-order valence-electron chi connectivity index (χ3n) is 4.17. The maximum atomic E-state index is 12.3. The second kappa shape index (κ2) is 8.43. The minimum absolute atomic E-state index is 0.0741. The van der Waals surface area contributed by atoms with Crippen molar-refractivity contribution in [2.24, 2.45) is 0 Å². The van der Waals surface area contributed by atoms with Crippen LogP contribution in [0, 0.1) is 0 Å². The number of likely N-dealkylation sites (tertiary alicyclic amines) is 1.